The largest absolute Gasteiger partial charge is 0.307 e. The highest BCUT2D eigenvalue weighted by Crippen LogP contribution is 2.02. The quantitative estimate of drug-likeness (QED) is 0.544. The fourth-order valence-electron chi connectivity index (χ4n) is 0.709. The third-order valence-corrected chi connectivity index (χ3v) is 1.30. The molecule has 2 nitrogen and oxygen atoms in total. The molecule has 0 saturated carbocycles. The number of rotatable bonds is 1. The molecule has 0 saturated heterocycles. The summed E-state index contributed by atoms with van der Waals surface area (Å²) in [7, 11) is 4.98. The maximum atomic E-state index is 10.5. The molecule has 0 atom stereocenters. The lowest BCUT2D eigenvalue weighted by Crippen LogP contribution is -1.96. The molecule has 0 heterocycles. The van der Waals surface area contributed by atoms with Crippen molar-refractivity contribution >= 4 is 13.5 Å². The number of hydrogen-bond acceptors (Lipinski definition) is 2. The van der Waals surface area contributed by atoms with Crippen LogP contribution < -0.4 is 0 Å². The summed E-state index contributed by atoms with van der Waals surface area (Å²) in [5.41, 5.74) is 0.466. The van der Waals surface area contributed by atoms with Crippen molar-refractivity contribution in [3.63, 3.8) is 0 Å². The first-order valence-electron chi connectivity index (χ1n) is 3.04. The molecule has 0 bridgehead atoms. The van der Waals surface area contributed by atoms with Crippen LogP contribution in [-0.4, -0.2) is 13.5 Å². The highest BCUT2D eigenvalue weighted by atomic mass is 16.1. The maximum absolute atomic E-state index is 10.5. The molecule has 1 rings (SSSR count). The van der Waals surface area contributed by atoms with Gasteiger partial charge in [-0.2, -0.15) is 5.26 Å². The van der Waals surface area contributed by atoms with Gasteiger partial charge in [-0.3, -0.25) is 0 Å². The van der Waals surface area contributed by atoms with Gasteiger partial charge >= 0.3 is 0 Å². The van der Waals surface area contributed by atoms with Gasteiger partial charge in [0, 0.05) is 5.56 Å². The molecule has 0 aliphatic heterocycles. The van der Waals surface area contributed by atoms with Gasteiger partial charge in [0.1, 0.15) is 5.68 Å². The summed E-state index contributed by atoms with van der Waals surface area (Å²) >= 11 is 0. The van der Waals surface area contributed by atoms with Crippen molar-refractivity contribution < 1.29 is 4.79 Å². The summed E-state index contributed by atoms with van der Waals surface area (Å²) in [6.45, 7) is 0. The molecule has 1 aromatic carbocycles. The second-order valence-corrected chi connectivity index (χ2v) is 2.05. The van der Waals surface area contributed by atoms with Crippen LogP contribution in [0.25, 0.3) is 0 Å². The lowest BCUT2D eigenvalue weighted by Gasteiger charge is -1.93. The molecule has 0 aliphatic rings. The molecule has 0 amide bonds. The standard InChI is InChI=1S/C8H4BNO/c9-8(11)7-3-1-6(5-10)2-4-7/h1-4H. The Kier molecular flexibility index (Phi) is 2.07. The Balaban J connectivity index is 3.03. The van der Waals surface area contributed by atoms with E-state index in [1.54, 1.807) is 12.1 Å². The van der Waals surface area contributed by atoms with Gasteiger partial charge < -0.3 is 4.79 Å². The van der Waals surface area contributed by atoms with E-state index in [4.69, 9.17) is 13.1 Å². The minimum atomic E-state index is -0.477. The first-order valence-corrected chi connectivity index (χ1v) is 3.04. The third kappa shape index (κ3) is 1.68. The van der Waals surface area contributed by atoms with Crippen LogP contribution in [0.5, 0.6) is 0 Å². The van der Waals surface area contributed by atoms with Crippen molar-refractivity contribution in [2.24, 2.45) is 0 Å². The molecular formula is C8H4BNO. The lowest BCUT2D eigenvalue weighted by molar-refractivity contribution is 0.108. The van der Waals surface area contributed by atoms with E-state index in [2.05, 4.69) is 0 Å². The zero-order valence-corrected chi connectivity index (χ0v) is 5.74. The Morgan fingerprint density at radius 3 is 2.27 bits per heavy atom. The summed E-state index contributed by atoms with van der Waals surface area (Å²) in [6, 6.07) is 8.11. The second-order valence-electron chi connectivity index (χ2n) is 2.05. The van der Waals surface area contributed by atoms with Gasteiger partial charge in [-0.05, 0) is 12.1 Å². The number of carbonyl (C=O) groups excluding carboxylic acids is 1. The van der Waals surface area contributed by atoms with E-state index in [1.165, 1.54) is 12.1 Å². The van der Waals surface area contributed by atoms with Crippen molar-refractivity contribution in [1.82, 2.24) is 0 Å². The van der Waals surface area contributed by atoms with E-state index in [1.807, 2.05) is 6.07 Å². The molecule has 0 unspecified atom stereocenters. The molecule has 0 N–H and O–H groups in total. The van der Waals surface area contributed by atoms with Gasteiger partial charge in [-0.1, -0.05) is 12.1 Å². The SMILES string of the molecule is [B]C(=O)c1ccc(C#N)cc1. The Bertz CT molecular complexity index is 310. The first kappa shape index (κ1) is 7.55. The average Bonchev–Trinajstić information content (AvgIpc) is 2.05. The normalized spacial score (nSPS) is 8.64. The first-order chi connectivity index (χ1) is 5.24. The van der Waals surface area contributed by atoms with E-state index in [0.717, 1.165) is 0 Å². The van der Waals surface area contributed by atoms with Crippen molar-refractivity contribution in [2.75, 3.05) is 0 Å². The van der Waals surface area contributed by atoms with Gasteiger partial charge in [0.15, 0.2) is 7.85 Å². The minimum absolute atomic E-state index is 0.420. The highest BCUT2D eigenvalue weighted by Gasteiger charge is 1.96. The molecule has 0 spiro atoms. The van der Waals surface area contributed by atoms with Crippen LogP contribution in [0.4, 0.5) is 0 Å². The van der Waals surface area contributed by atoms with Gasteiger partial charge in [0.25, 0.3) is 0 Å². The fraction of sp³-hybridized carbons (Fsp3) is 0. The van der Waals surface area contributed by atoms with Crippen molar-refractivity contribution in [3.8, 4) is 6.07 Å². The summed E-state index contributed by atoms with van der Waals surface area (Å²) in [5.74, 6) is 0. The summed E-state index contributed by atoms with van der Waals surface area (Å²) in [5, 5.41) is 8.40. The number of nitrogens with zero attached hydrogens (tertiary/aromatic N) is 1. The number of carbonyl (C=O) groups is 1. The Morgan fingerprint density at radius 2 is 1.91 bits per heavy atom. The van der Waals surface area contributed by atoms with E-state index in [9.17, 15) is 4.79 Å². The Morgan fingerprint density at radius 1 is 1.36 bits per heavy atom. The number of hydrogen-bond donors (Lipinski definition) is 0. The second kappa shape index (κ2) is 3.02. The lowest BCUT2D eigenvalue weighted by atomic mass is 9.94. The van der Waals surface area contributed by atoms with E-state index in [0.29, 0.717) is 11.1 Å². The van der Waals surface area contributed by atoms with Crippen LogP contribution in [0.3, 0.4) is 0 Å². The average molecular weight is 141 g/mol. The van der Waals surface area contributed by atoms with Gasteiger partial charge in [0.2, 0.25) is 0 Å². The minimum Gasteiger partial charge on any atom is -0.307 e. The topological polar surface area (TPSA) is 40.9 Å². The van der Waals surface area contributed by atoms with Gasteiger partial charge in [-0.15, -0.1) is 0 Å². The zero-order valence-electron chi connectivity index (χ0n) is 5.74. The van der Waals surface area contributed by atoms with Crippen LogP contribution in [-0.2, 0) is 0 Å². The van der Waals surface area contributed by atoms with Crippen molar-refractivity contribution in [1.29, 1.82) is 5.26 Å². The zero-order chi connectivity index (χ0) is 8.27. The van der Waals surface area contributed by atoms with Crippen LogP contribution >= 0.6 is 0 Å². The smallest absolute Gasteiger partial charge is 0.175 e. The fourth-order valence-corrected chi connectivity index (χ4v) is 0.709. The number of benzene rings is 1. The van der Waals surface area contributed by atoms with Crippen molar-refractivity contribution in [2.45, 2.75) is 0 Å². The summed E-state index contributed by atoms with van der Waals surface area (Å²) in [4.78, 5) is 10.5. The molecule has 50 valence electrons. The Hall–Kier alpha value is -1.56. The van der Waals surface area contributed by atoms with Crippen LogP contribution in [0.15, 0.2) is 24.3 Å². The van der Waals surface area contributed by atoms with Crippen LogP contribution in [0.1, 0.15) is 15.9 Å². The van der Waals surface area contributed by atoms with Crippen LogP contribution in [0.2, 0.25) is 0 Å². The van der Waals surface area contributed by atoms with Gasteiger partial charge in [-0.25, -0.2) is 0 Å². The summed E-state index contributed by atoms with van der Waals surface area (Å²) in [6.07, 6.45) is 0. The van der Waals surface area contributed by atoms with Crippen molar-refractivity contribution in [3.05, 3.63) is 35.4 Å². The molecule has 1 aromatic rings. The van der Waals surface area contributed by atoms with E-state index in [-0.39, 0.29) is 0 Å². The molecule has 0 fully saturated rings. The molecule has 11 heavy (non-hydrogen) atoms. The Labute approximate surface area is 65.9 Å². The molecular weight excluding hydrogens is 137 g/mol. The van der Waals surface area contributed by atoms with Gasteiger partial charge in [0.05, 0.1) is 11.6 Å². The van der Waals surface area contributed by atoms with Crippen LogP contribution in [0, 0.1) is 11.3 Å². The predicted octanol–water partition coefficient (Wildman–Crippen LogP) is 0.867. The highest BCUT2D eigenvalue weighted by molar-refractivity contribution is 6.62. The molecule has 0 aliphatic carbocycles. The van der Waals surface area contributed by atoms with E-state index >= 15 is 0 Å². The predicted molar refractivity (Wildman–Crippen MR) is 41.2 cm³/mol. The molecule has 0 aromatic heterocycles. The number of nitriles is 1. The molecule has 3 heteroatoms. The third-order valence-electron chi connectivity index (χ3n) is 1.30. The maximum Gasteiger partial charge on any atom is 0.175 e. The summed E-state index contributed by atoms with van der Waals surface area (Å²) < 4.78 is 0. The monoisotopic (exact) mass is 141 g/mol. The van der Waals surface area contributed by atoms with E-state index < -0.39 is 5.68 Å². The molecule has 2 radical (unpaired) electrons.